The number of ether oxygens (including phenoxy) is 1. The van der Waals surface area contributed by atoms with Gasteiger partial charge in [-0.3, -0.25) is 19.3 Å². The summed E-state index contributed by atoms with van der Waals surface area (Å²) in [7, 11) is 0. The summed E-state index contributed by atoms with van der Waals surface area (Å²) in [5.41, 5.74) is 0.818. The van der Waals surface area contributed by atoms with Crippen molar-refractivity contribution in [1.82, 2.24) is 19.9 Å². The molecule has 0 radical (unpaired) electrons. The van der Waals surface area contributed by atoms with Gasteiger partial charge >= 0.3 is 0 Å². The molecule has 33 heavy (non-hydrogen) atoms. The standard InChI is InChI=1S/C23H23BrN4O5/c24-13-5-2-1-4-12(13)20-25-21(33-26-20)14-6-3-10-27(14)17(29)9-11-28-22(30)18-15-7-8-16(32-15)19(18)23(28)31/h1-2,4-5,14-16,18-19H,3,6-11H2. The van der Waals surface area contributed by atoms with Crippen LogP contribution in [0.4, 0.5) is 0 Å². The molecule has 10 heteroatoms. The Hall–Kier alpha value is -2.59. The van der Waals surface area contributed by atoms with Crippen molar-refractivity contribution in [2.24, 2.45) is 11.8 Å². The Bertz CT molecular complexity index is 1110. The van der Waals surface area contributed by atoms with Gasteiger partial charge in [-0.1, -0.05) is 33.2 Å². The van der Waals surface area contributed by atoms with E-state index in [1.165, 1.54) is 4.90 Å². The van der Waals surface area contributed by atoms with Crippen molar-refractivity contribution in [3.05, 3.63) is 34.6 Å². The zero-order valence-corrected chi connectivity index (χ0v) is 19.4. The fourth-order valence-electron chi connectivity index (χ4n) is 5.79. The first-order valence-electron chi connectivity index (χ1n) is 11.4. The average molecular weight is 515 g/mol. The number of halogens is 1. The van der Waals surface area contributed by atoms with E-state index in [0.717, 1.165) is 35.7 Å². The zero-order valence-electron chi connectivity index (χ0n) is 17.9. The third kappa shape index (κ3) is 3.33. The molecule has 2 aromatic rings. The summed E-state index contributed by atoms with van der Waals surface area (Å²) < 4.78 is 12.2. The predicted molar refractivity (Wildman–Crippen MR) is 117 cm³/mol. The number of fused-ring (bicyclic) bond motifs is 5. The highest BCUT2D eigenvalue weighted by Gasteiger charge is 2.62. The van der Waals surface area contributed by atoms with E-state index < -0.39 is 0 Å². The van der Waals surface area contributed by atoms with Crippen molar-refractivity contribution in [2.75, 3.05) is 13.1 Å². The lowest BCUT2D eigenvalue weighted by Crippen LogP contribution is -2.38. The minimum absolute atomic E-state index is 0.0921. The number of hydrogen-bond donors (Lipinski definition) is 0. The molecule has 0 aliphatic carbocycles. The van der Waals surface area contributed by atoms with E-state index in [9.17, 15) is 14.4 Å². The molecule has 4 fully saturated rings. The van der Waals surface area contributed by atoms with Crippen LogP contribution < -0.4 is 0 Å². The van der Waals surface area contributed by atoms with Gasteiger partial charge < -0.3 is 14.2 Å². The maximum absolute atomic E-state index is 13.1. The van der Waals surface area contributed by atoms with Crippen molar-refractivity contribution in [3.8, 4) is 11.4 Å². The Balaban J connectivity index is 1.13. The minimum Gasteiger partial charge on any atom is -0.373 e. The Labute approximate surface area is 198 Å². The van der Waals surface area contributed by atoms with E-state index in [0.29, 0.717) is 18.3 Å². The number of hydrogen-bond acceptors (Lipinski definition) is 7. The van der Waals surface area contributed by atoms with Crippen molar-refractivity contribution in [1.29, 1.82) is 0 Å². The molecule has 3 amide bonds. The number of rotatable bonds is 5. The normalized spacial score (nSPS) is 30.5. The van der Waals surface area contributed by atoms with Crippen LogP contribution in [0.25, 0.3) is 11.4 Å². The highest BCUT2D eigenvalue weighted by atomic mass is 79.9. The molecule has 2 bridgehead atoms. The van der Waals surface area contributed by atoms with Gasteiger partial charge in [-0.2, -0.15) is 4.98 Å². The third-order valence-electron chi connectivity index (χ3n) is 7.34. The summed E-state index contributed by atoms with van der Waals surface area (Å²) in [6, 6.07) is 7.31. The van der Waals surface area contributed by atoms with Crippen LogP contribution in [0.5, 0.6) is 0 Å². The lowest BCUT2D eigenvalue weighted by Gasteiger charge is -2.23. The van der Waals surface area contributed by atoms with E-state index in [2.05, 4.69) is 26.1 Å². The molecule has 5 atom stereocenters. The van der Waals surface area contributed by atoms with Crippen LogP contribution in [0.15, 0.2) is 33.3 Å². The number of nitrogens with zero attached hydrogens (tertiary/aromatic N) is 4. The monoisotopic (exact) mass is 514 g/mol. The Kier molecular flexibility index (Phi) is 5.10. The SMILES string of the molecule is O=C1C2C3CCC(O3)C2C(=O)N1CCC(=O)N1CCCC1c1nc(-c2ccccc2Br)no1. The van der Waals surface area contributed by atoms with E-state index in [4.69, 9.17) is 9.26 Å². The second-order valence-electron chi connectivity index (χ2n) is 9.10. The summed E-state index contributed by atoms with van der Waals surface area (Å²) in [6.45, 7) is 0.694. The van der Waals surface area contributed by atoms with Gasteiger partial charge in [0.1, 0.15) is 6.04 Å². The Morgan fingerprint density at radius 1 is 1.09 bits per heavy atom. The molecule has 0 saturated carbocycles. The highest BCUT2D eigenvalue weighted by Crippen LogP contribution is 2.48. The maximum Gasteiger partial charge on any atom is 0.249 e. The van der Waals surface area contributed by atoms with E-state index in [-0.39, 0.29) is 60.8 Å². The molecule has 172 valence electrons. The summed E-state index contributed by atoms with van der Waals surface area (Å²) in [6.07, 6.45) is 3.03. The summed E-state index contributed by atoms with van der Waals surface area (Å²) in [5.74, 6) is -0.331. The van der Waals surface area contributed by atoms with E-state index in [1.54, 1.807) is 4.90 Å². The first-order valence-corrected chi connectivity index (χ1v) is 12.2. The quantitative estimate of drug-likeness (QED) is 0.564. The van der Waals surface area contributed by atoms with Gasteiger partial charge in [-0.15, -0.1) is 0 Å². The molecular formula is C23H23BrN4O5. The van der Waals surface area contributed by atoms with Gasteiger partial charge in [0, 0.05) is 29.5 Å². The average Bonchev–Trinajstić information content (AvgIpc) is 3.62. The Morgan fingerprint density at radius 3 is 2.55 bits per heavy atom. The summed E-state index contributed by atoms with van der Waals surface area (Å²) >= 11 is 3.50. The molecule has 1 aromatic heterocycles. The van der Waals surface area contributed by atoms with Gasteiger partial charge in [0.15, 0.2) is 0 Å². The smallest absolute Gasteiger partial charge is 0.249 e. The molecule has 5 unspecified atom stereocenters. The number of benzene rings is 1. The molecule has 5 heterocycles. The number of aromatic nitrogens is 2. The molecular weight excluding hydrogens is 492 g/mol. The third-order valence-corrected chi connectivity index (χ3v) is 8.03. The van der Waals surface area contributed by atoms with Crippen LogP contribution in [-0.4, -0.2) is 63.0 Å². The molecule has 4 aliphatic rings. The van der Waals surface area contributed by atoms with E-state index >= 15 is 0 Å². The molecule has 4 saturated heterocycles. The van der Waals surface area contributed by atoms with Crippen LogP contribution >= 0.6 is 15.9 Å². The van der Waals surface area contributed by atoms with Gasteiger partial charge in [-0.05, 0) is 37.8 Å². The van der Waals surface area contributed by atoms with E-state index in [1.807, 2.05) is 24.3 Å². The maximum atomic E-state index is 13.1. The second-order valence-corrected chi connectivity index (χ2v) is 9.96. The molecule has 6 rings (SSSR count). The van der Waals surface area contributed by atoms with Crippen LogP contribution in [0.3, 0.4) is 0 Å². The number of carbonyl (C=O) groups excluding carboxylic acids is 3. The molecule has 9 nitrogen and oxygen atoms in total. The molecule has 0 spiro atoms. The largest absolute Gasteiger partial charge is 0.373 e. The summed E-state index contributed by atoms with van der Waals surface area (Å²) in [4.78, 5) is 46.3. The molecule has 4 aliphatic heterocycles. The lowest BCUT2D eigenvalue weighted by molar-refractivity contribution is -0.143. The van der Waals surface area contributed by atoms with Crippen LogP contribution in [0.2, 0.25) is 0 Å². The molecule has 0 N–H and O–H groups in total. The predicted octanol–water partition coefficient (Wildman–Crippen LogP) is 2.72. The second kappa shape index (κ2) is 8.02. The summed E-state index contributed by atoms with van der Waals surface area (Å²) in [5, 5.41) is 4.10. The van der Waals surface area contributed by atoms with Crippen molar-refractivity contribution in [3.63, 3.8) is 0 Å². The van der Waals surface area contributed by atoms with Gasteiger partial charge in [0.05, 0.1) is 24.0 Å². The number of amides is 3. The van der Waals surface area contributed by atoms with Crippen LogP contribution in [0, 0.1) is 11.8 Å². The van der Waals surface area contributed by atoms with Crippen molar-refractivity contribution >= 4 is 33.7 Å². The van der Waals surface area contributed by atoms with Gasteiger partial charge in [0.25, 0.3) is 0 Å². The van der Waals surface area contributed by atoms with Crippen molar-refractivity contribution in [2.45, 2.75) is 50.4 Å². The zero-order chi connectivity index (χ0) is 22.7. The Morgan fingerprint density at radius 2 is 1.82 bits per heavy atom. The first-order chi connectivity index (χ1) is 16.0. The lowest BCUT2D eigenvalue weighted by atomic mass is 9.81. The van der Waals surface area contributed by atoms with Crippen molar-refractivity contribution < 1.29 is 23.6 Å². The van der Waals surface area contributed by atoms with Gasteiger partial charge in [0.2, 0.25) is 29.4 Å². The van der Waals surface area contributed by atoms with Crippen LogP contribution in [0.1, 0.15) is 44.0 Å². The fourth-order valence-corrected chi connectivity index (χ4v) is 6.25. The highest BCUT2D eigenvalue weighted by molar-refractivity contribution is 9.10. The minimum atomic E-state index is -0.361. The first kappa shape index (κ1) is 21.0. The topological polar surface area (TPSA) is 106 Å². The molecule has 1 aromatic carbocycles. The number of likely N-dealkylation sites (tertiary alicyclic amines) is 2. The van der Waals surface area contributed by atoms with Crippen LogP contribution in [-0.2, 0) is 19.1 Å². The fraction of sp³-hybridized carbons (Fsp3) is 0.522. The van der Waals surface area contributed by atoms with Gasteiger partial charge in [-0.25, -0.2) is 0 Å². The number of carbonyl (C=O) groups is 3. The number of imide groups is 1.